The minimum absolute atomic E-state index is 0.341. The molecule has 0 bridgehead atoms. The maximum Gasteiger partial charge on any atom is 0.289 e. The minimum atomic E-state index is -0.341. The molecule has 0 saturated heterocycles. The molecule has 144 valence electrons. The molecule has 0 aliphatic heterocycles. The molecule has 0 unspecified atom stereocenters. The minimum Gasteiger partial charge on any atom is -0.372 e. The van der Waals surface area contributed by atoms with E-state index in [0.29, 0.717) is 11.4 Å². The van der Waals surface area contributed by atoms with Crippen LogP contribution in [0.2, 0.25) is 0 Å². The number of hydrogen-bond donors (Lipinski definition) is 2. The largest absolute Gasteiger partial charge is 0.372 e. The first-order valence-electron chi connectivity index (χ1n) is 9.10. The van der Waals surface area contributed by atoms with Gasteiger partial charge in [-0.05, 0) is 49.7 Å². The van der Waals surface area contributed by atoms with Crippen LogP contribution < -0.4 is 10.3 Å². The third kappa shape index (κ3) is 4.86. The second-order valence-corrected chi connectivity index (χ2v) is 7.05. The molecule has 28 heavy (non-hydrogen) atoms. The first kappa shape index (κ1) is 19.8. The number of nitrogens with one attached hydrogen (secondary N) is 2. The molecule has 3 rings (SSSR count). The Morgan fingerprint density at radius 3 is 2.46 bits per heavy atom. The predicted octanol–water partition coefficient (Wildman–Crippen LogP) is 4.45. The summed E-state index contributed by atoms with van der Waals surface area (Å²) in [6.07, 6.45) is 1.62. The maximum absolute atomic E-state index is 12.2. The summed E-state index contributed by atoms with van der Waals surface area (Å²) in [5, 5.41) is 11.0. The van der Waals surface area contributed by atoms with E-state index in [1.165, 1.54) is 5.69 Å². The van der Waals surface area contributed by atoms with E-state index in [0.717, 1.165) is 28.7 Å². The third-order valence-corrected chi connectivity index (χ3v) is 4.89. The van der Waals surface area contributed by atoms with Crippen molar-refractivity contribution in [2.45, 2.75) is 13.8 Å². The summed E-state index contributed by atoms with van der Waals surface area (Å²) in [6, 6.07) is 17.5. The lowest BCUT2D eigenvalue weighted by atomic mass is 10.1. The number of carbonyl (C=O) groups excluding carboxylic acids is 1. The topological polar surface area (TPSA) is 73.4 Å². The molecule has 0 saturated carbocycles. The quantitative estimate of drug-likeness (QED) is 0.421. The number of H-pyrrole nitrogens is 1. The van der Waals surface area contributed by atoms with E-state index in [-0.39, 0.29) is 5.91 Å². The average molecular weight is 440 g/mol. The molecule has 1 heterocycles. The van der Waals surface area contributed by atoms with Crippen LogP contribution in [-0.4, -0.2) is 35.4 Å². The van der Waals surface area contributed by atoms with Gasteiger partial charge >= 0.3 is 0 Å². The normalized spacial score (nSPS) is 11.0. The SMILES string of the molecule is CCN(CC)c1ccc(/C=N/NC(=O)c2cc(-c3ccc(Br)cc3)n[nH]2)cc1. The number of halogens is 1. The van der Waals surface area contributed by atoms with E-state index < -0.39 is 0 Å². The van der Waals surface area contributed by atoms with E-state index in [1.807, 2.05) is 36.4 Å². The fraction of sp³-hybridized carbons (Fsp3) is 0.190. The van der Waals surface area contributed by atoms with Crippen LogP contribution in [0.3, 0.4) is 0 Å². The van der Waals surface area contributed by atoms with Gasteiger partial charge in [-0.25, -0.2) is 5.43 Å². The number of rotatable bonds is 7. The van der Waals surface area contributed by atoms with Gasteiger partial charge in [0.1, 0.15) is 5.69 Å². The molecular formula is C21H22BrN5O. The van der Waals surface area contributed by atoms with Gasteiger partial charge in [0.25, 0.3) is 5.91 Å². The van der Waals surface area contributed by atoms with Crippen LogP contribution in [0.25, 0.3) is 11.3 Å². The van der Waals surface area contributed by atoms with Crippen molar-refractivity contribution in [1.29, 1.82) is 0 Å². The van der Waals surface area contributed by atoms with Crippen LogP contribution in [-0.2, 0) is 0 Å². The van der Waals surface area contributed by atoms with Crippen molar-refractivity contribution >= 4 is 33.7 Å². The van der Waals surface area contributed by atoms with E-state index in [4.69, 9.17) is 0 Å². The Labute approximate surface area is 172 Å². The Hall–Kier alpha value is -2.93. The fourth-order valence-electron chi connectivity index (χ4n) is 2.79. The lowest BCUT2D eigenvalue weighted by Gasteiger charge is -2.20. The Morgan fingerprint density at radius 2 is 1.82 bits per heavy atom. The zero-order valence-electron chi connectivity index (χ0n) is 15.8. The van der Waals surface area contributed by atoms with Crippen LogP contribution in [0.1, 0.15) is 29.9 Å². The second-order valence-electron chi connectivity index (χ2n) is 6.14. The van der Waals surface area contributed by atoms with Crippen molar-refractivity contribution in [3.8, 4) is 11.3 Å². The molecule has 1 amide bonds. The highest BCUT2D eigenvalue weighted by atomic mass is 79.9. The number of hydrogen-bond acceptors (Lipinski definition) is 4. The van der Waals surface area contributed by atoms with Gasteiger partial charge in [0.15, 0.2) is 0 Å². The fourth-order valence-corrected chi connectivity index (χ4v) is 3.06. The van der Waals surface area contributed by atoms with Crippen molar-refractivity contribution in [1.82, 2.24) is 15.6 Å². The molecule has 0 fully saturated rings. The van der Waals surface area contributed by atoms with Crippen molar-refractivity contribution in [3.63, 3.8) is 0 Å². The molecule has 2 aromatic carbocycles. The highest BCUT2D eigenvalue weighted by molar-refractivity contribution is 9.10. The van der Waals surface area contributed by atoms with Gasteiger partial charge in [-0.1, -0.05) is 40.2 Å². The first-order valence-corrected chi connectivity index (χ1v) is 9.89. The molecule has 6 nitrogen and oxygen atoms in total. The standard InChI is InChI=1S/C21H22BrN5O/c1-3-27(4-2)18-11-5-15(6-12-18)14-23-26-21(28)20-13-19(24-25-20)16-7-9-17(22)10-8-16/h5-14H,3-4H2,1-2H3,(H,24,25)(H,26,28)/b23-14+. The Bertz CT molecular complexity index is 944. The van der Waals surface area contributed by atoms with Gasteiger partial charge in [0.05, 0.1) is 11.9 Å². The number of anilines is 1. The zero-order chi connectivity index (χ0) is 19.9. The molecule has 0 aliphatic carbocycles. The summed E-state index contributed by atoms with van der Waals surface area (Å²) in [5.74, 6) is -0.341. The molecular weight excluding hydrogens is 418 g/mol. The van der Waals surface area contributed by atoms with Gasteiger partial charge in [0.2, 0.25) is 0 Å². The third-order valence-electron chi connectivity index (χ3n) is 4.36. The summed E-state index contributed by atoms with van der Waals surface area (Å²) >= 11 is 3.40. The van der Waals surface area contributed by atoms with E-state index in [2.05, 4.69) is 67.5 Å². The van der Waals surface area contributed by atoms with Crippen LogP contribution in [0, 0.1) is 0 Å². The van der Waals surface area contributed by atoms with Crippen LogP contribution in [0.4, 0.5) is 5.69 Å². The summed E-state index contributed by atoms with van der Waals surface area (Å²) in [6.45, 7) is 6.19. The number of amides is 1. The van der Waals surface area contributed by atoms with Crippen molar-refractivity contribution in [2.24, 2.45) is 5.10 Å². The molecule has 1 aromatic heterocycles. The van der Waals surface area contributed by atoms with Crippen LogP contribution in [0.15, 0.2) is 64.2 Å². The number of aromatic amines is 1. The highest BCUT2D eigenvalue weighted by Crippen LogP contribution is 2.20. The van der Waals surface area contributed by atoms with Gasteiger partial charge in [0, 0.05) is 28.8 Å². The van der Waals surface area contributed by atoms with Gasteiger partial charge < -0.3 is 4.90 Å². The number of benzene rings is 2. The summed E-state index contributed by atoms with van der Waals surface area (Å²) < 4.78 is 0.990. The predicted molar refractivity (Wildman–Crippen MR) is 117 cm³/mol. The Balaban J connectivity index is 1.60. The molecule has 0 aliphatic rings. The number of hydrazone groups is 1. The van der Waals surface area contributed by atoms with Crippen molar-refractivity contribution < 1.29 is 4.79 Å². The number of aromatic nitrogens is 2. The Kier molecular flexibility index (Phi) is 6.60. The average Bonchev–Trinajstić information content (AvgIpc) is 3.21. The second kappa shape index (κ2) is 9.32. The monoisotopic (exact) mass is 439 g/mol. The molecule has 7 heteroatoms. The maximum atomic E-state index is 12.2. The summed E-state index contributed by atoms with van der Waals surface area (Å²) in [7, 11) is 0. The number of nitrogens with zero attached hydrogens (tertiary/aromatic N) is 3. The Morgan fingerprint density at radius 1 is 1.14 bits per heavy atom. The molecule has 0 atom stereocenters. The van der Waals surface area contributed by atoms with Gasteiger partial charge in [-0.2, -0.15) is 10.2 Å². The van der Waals surface area contributed by atoms with Crippen molar-refractivity contribution in [3.05, 3.63) is 70.3 Å². The van der Waals surface area contributed by atoms with Crippen LogP contribution >= 0.6 is 15.9 Å². The van der Waals surface area contributed by atoms with Crippen molar-refractivity contribution in [2.75, 3.05) is 18.0 Å². The number of carbonyl (C=O) groups is 1. The van der Waals surface area contributed by atoms with Gasteiger partial charge in [-0.3, -0.25) is 9.89 Å². The van der Waals surface area contributed by atoms with E-state index in [1.54, 1.807) is 12.3 Å². The van der Waals surface area contributed by atoms with E-state index >= 15 is 0 Å². The summed E-state index contributed by atoms with van der Waals surface area (Å²) in [5.41, 5.74) is 6.59. The first-order chi connectivity index (χ1) is 13.6. The lowest BCUT2D eigenvalue weighted by molar-refractivity contribution is 0.0950. The molecule has 3 aromatic rings. The molecule has 2 N–H and O–H groups in total. The van der Waals surface area contributed by atoms with E-state index in [9.17, 15) is 4.79 Å². The van der Waals surface area contributed by atoms with Gasteiger partial charge in [-0.15, -0.1) is 0 Å². The highest BCUT2D eigenvalue weighted by Gasteiger charge is 2.10. The lowest BCUT2D eigenvalue weighted by Crippen LogP contribution is -2.21. The summed E-state index contributed by atoms with van der Waals surface area (Å²) in [4.78, 5) is 14.5. The smallest absolute Gasteiger partial charge is 0.289 e. The molecule has 0 radical (unpaired) electrons. The zero-order valence-corrected chi connectivity index (χ0v) is 17.4. The van der Waals surface area contributed by atoms with Crippen LogP contribution in [0.5, 0.6) is 0 Å². The molecule has 0 spiro atoms.